The molecule has 0 radical (unpaired) electrons. The topological polar surface area (TPSA) is 137 Å². The van der Waals surface area contributed by atoms with Crippen molar-refractivity contribution >= 4 is 17.8 Å². The van der Waals surface area contributed by atoms with Crippen LogP contribution >= 0.6 is 0 Å². The normalized spacial score (nSPS) is 12.0. The van der Waals surface area contributed by atoms with Gasteiger partial charge in [-0.2, -0.15) is 5.26 Å². The molecule has 0 saturated carbocycles. The molecule has 0 rings (SSSR count). The number of ether oxygens (including phenoxy) is 1. The monoisotopic (exact) mass is 314 g/mol. The lowest BCUT2D eigenvalue weighted by atomic mass is 10.2. The lowest BCUT2D eigenvalue weighted by molar-refractivity contribution is -0.145. The molecule has 0 heterocycles. The first-order chi connectivity index (χ1) is 10.3. The fourth-order valence-electron chi connectivity index (χ4n) is 1.92. The molecule has 124 valence electrons. The van der Waals surface area contributed by atoms with Crippen molar-refractivity contribution in [2.75, 3.05) is 39.3 Å². The number of hydrogen-bond donors (Lipinski definition) is 2. The summed E-state index contributed by atoms with van der Waals surface area (Å²) in [6, 6.07) is 1.53. The van der Waals surface area contributed by atoms with Gasteiger partial charge in [-0.1, -0.05) is 0 Å². The van der Waals surface area contributed by atoms with E-state index in [-0.39, 0.29) is 45.4 Å². The summed E-state index contributed by atoms with van der Waals surface area (Å²) < 4.78 is 4.82. The Bertz CT molecular complexity index is 435. The van der Waals surface area contributed by atoms with Crippen molar-refractivity contribution in [3.8, 4) is 6.07 Å². The highest BCUT2D eigenvalue weighted by atomic mass is 16.5. The Morgan fingerprint density at radius 3 is 2.41 bits per heavy atom. The van der Waals surface area contributed by atoms with E-state index in [2.05, 4.69) is 0 Å². The van der Waals surface area contributed by atoms with E-state index in [9.17, 15) is 14.4 Å². The lowest BCUT2D eigenvalue weighted by Crippen LogP contribution is -2.48. The van der Waals surface area contributed by atoms with E-state index in [1.807, 2.05) is 6.07 Å². The molecule has 0 aromatic heterocycles. The van der Waals surface area contributed by atoms with Crippen LogP contribution in [0, 0.1) is 11.3 Å². The number of primary amides is 1. The zero-order valence-corrected chi connectivity index (χ0v) is 12.8. The highest BCUT2D eigenvalue weighted by Gasteiger charge is 2.22. The number of nitrogens with two attached hydrogens (primary N) is 1. The molecule has 22 heavy (non-hydrogen) atoms. The second kappa shape index (κ2) is 10.5. The summed E-state index contributed by atoms with van der Waals surface area (Å²) >= 11 is 0. The molecule has 1 amide bonds. The van der Waals surface area contributed by atoms with Crippen molar-refractivity contribution in [1.82, 2.24) is 9.80 Å². The first-order valence-corrected chi connectivity index (χ1v) is 6.79. The average molecular weight is 314 g/mol. The van der Waals surface area contributed by atoms with E-state index in [1.54, 1.807) is 13.8 Å². The van der Waals surface area contributed by atoms with Gasteiger partial charge in [0.15, 0.2) is 0 Å². The Balaban J connectivity index is 4.78. The van der Waals surface area contributed by atoms with E-state index in [1.165, 1.54) is 9.80 Å². The van der Waals surface area contributed by atoms with E-state index in [0.717, 1.165) is 0 Å². The third-order valence-corrected chi connectivity index (χ3v) is 2.80. The molecule has 0 aliphatic heterocycles. The summed E-state index contributed by atoms with van der Waals surface area (Å²) in [6.45, 7) is 3.13. The second-order valence-electron chi connectivity index (χ2n) is 4.75. The molecule has 0 saturated heterocycles. The first-order valence-electron chi connectivity index (χ1n) is 6.79. The van der Waals surface area contributed by atoms with Crippen LogP contribution in [0.4, 0.5) is 0 Å². The fraction of sp³-hybridized carbons (Fsp3) is 0.692. The summed E-state index contributed by atoms with van der Waals surface area (Å²) in [5.74, 6) is -2.17. The Hall–Kier alpha value is -2.18. The number of amides is 1. The van der Waals surface area contributed by atoms with Crippen LogP contribution in [0.2, 0.25) is 0 Å². The number of rotatable bonds is 11. The van der Waals surface area contributed by atoms with Crippen LogP contribution in [0.15, 0.2) is 0 Å². The molecule has 9 heteroatoms. The summed E-state index contributed by atoms with van der Waals surface area (Å²) in [4.78, 5) is 36.3. The molecular weight excluding hydrogens is 292 g/mol. The third-order valence-electron chi connectivity index (χ3n) is 2.80. The minimum absolute atomic E-state index is 0.0721. The van der Waals surface area contributed by atoms with Gasteiger partial charge in [-0.25, -0.2) is 0 Å². The number of hydrogen-bond acceptors (Lipinski definition) is 7. The Morgan fingerprint density at radius 1 is 1.32 bits per heavy atom. The second-order valence-corrected chi connectivity index (χ2v) is 4.75. The minimum Gasteiger partial charge on any atom is -0.480 e. The van der Waals surface area contributed by atoms with Gasteiger partial charge in [0, 0.05) is 12.6 Å². The molecule has 0 aromatic carbocycles. The van der Waals surface area contributed by atoms with Crippen molar-refractivity contribution in [2.45, 2.75) is 19.9 Å². The molecule has 9 nitrogen and oxygen atoms in total. The number of nitriles is 1. The van der Waals surface area contributed by atoms with E-state index in [4.69, 9.17) is 20.8 Å². The molecule has 0 fully saturated rings. The summed E-state index contributed by atoms with van der Waals surface area (Å²) in [6.07, 6.45) is 0. The fourth-order valence-corrected chi connectivity index (χ4v) is 1.92. The van der Waals surface area contributed by atoms with Gasteiger partial charge >= 0.3 is 11.9 Å². The van der Waals surface area contributed by atoms with Gasteiger partial charge < -0.3 is 15.6 Å². The van der Waals surface area contributed by atoms with Crippen molar-refractivity contribution in [1.29, 1.82) is 5.26 Å². The Morgan fingerprint density at radius 2 is 1.95 bits per heavy atom. The van der Waals surface area contributed by atoms with Crippen LogP contribution in [0.3, 0.4) is 0 Å². The number of carbonyl (C=O) groups is 3. The van der Waals surface area contributed by atoms with Crippen molar-refractivity contribution in [2.24, 2.45) is 5.73 Å². The van der Waals surface area contributed by atoms with E-state index in [0.29, 0.717) is 0 Å². The van der Waals surface area contributed by atoms with Crippen LogP contribution in [-0.2, 0) is 19.1 Å². The quantitative estimate of drug-likeness (QED) is 0.352. The molecule has 0 spiro atoms. The maximum atomic E-state index is 11.5. The van der Waals surface area contributed by atoms with E-state index < -0.39 is 17.8 Å². The Labute approximate surface area is 129 Å². The van der Waals surface area contributed by atoms with Gasteiger partial charge in [0.2, 0.25) is 5.91 Å². The van der Waals surface area contributed by atoms with Gasteiger partial charge in [0.1, 0.15) is 0 Å². The summed E-state index contributed by atoms with van der Waals surface area (Å²) in [5, 5.41) is 17.6. The predicted octanol–water partition coefficient (Wildman–Crippen LogP) is -1.36. The zero-order valence-electron chi connectivity index (χ0n) is 12.8. The van der Waals surface area contributed by atoms with Crippen molar-refractivity contribution in [3.05, 3.63) is 0 Å². The van der Waals surface area contributed by atoms with Crippen LogP contribution in [0.1, 0.15) is 13.8 Å². The number of esters is 1. The van der Waals surface area contributed by atoms with Gasteiger partial charge in [0.05, 0.1) is 38.9 Å². The number of aliphatic carboxylic acids is 1. The molecule has 0 bridgehead atoms. The molecule has 3 N–H and O–H groups in total. The predicted molar refractivity (Wildman–Crippen MR) is 76.6 cm³/mol. The number of carbonyl (C=O) groups excluding carboxylic acids is 2. The smallest absolute Gasteiger partial charge is 0.320 e. The highest BCUT2D eigenvalue weighted by Crippen LogP contribution is 2.03. The SMILES string of the molecule is CCOC(=O)CN(CC(N)=O)C[C@H](C)N(CC#N)CC(=O)O. The minimum atomic E-state index is -1.06. The van der Waals surface area contributed by atoms with Gasteiger partial charge in [-0.15, -0.1) is 0 Å². The molecule has 0 aliphatic rings. The number of carboxylic acid groups (broad SMARTS) is 1. The number of nitrogens with zero attached hydrogens (tertiary/aromatic N) is 3. The average Bonchev–Trinajstić information content (AvgIpc) is 2.36. The standard InChI is InChI=1S/C13H22N4O5/c1-3-22-13(21)9-16(7-11(15)18)6-10(2)17(5-4-14)8-12(19)20/h10H,3,5-9H2,1-2H3,(H2,15,18)(H,19,20)/t10-/m0/s1. The van der Waals surface area contributed by atoms with Crippen LogP contribution < -0.4 is 5.73 Å². The lowest BCUT2D eigenvalue weighted by Gasteiger charge is -2.30. The third kappa shape index (κ3) is 8.89. The summed E-state index contributed by atoms with van der Waals surface area (Å²) in [5.41, 5.74) is 5.14. The molecule has 0 aromatic rings. The van der Waals surface area contributed by atoms with Crippen LogP contribution in [-0.4, -0.2) is 78.1 Å². The maximum absolute atomic E-state index is 11.5. The Kier molecular flexibility index (Phi) is 9.49. The van der Waals surface area contributed by atoms with Crippen molar-refractivity contribution < 1.29 is 24.2 Å². The molecule has 0 aliphatic carbocycles. The number of carboxylic acids is 1. The van der Waals surface area contributed by atoms with Crippen LogP contribution in [0.25, 0.3) is 0 Å². The van der Waals surface area contributed by atoms with Crippen molar-refractivity contribution in [3.63, 3.8) is 0 Å². The van der Waals surface area contributed by atoms with E-state index >= 15 is 0 Å². The van der Waals surface area contributed by atoms with Gasteiger partial charge in [0.25, 0.3) is 0 Å². The molecule has 0 unspecified atom stereocenters. The van der Waals surface area contributed by atoms with Crippen LogP contribution in [0.5, 0.6) is 0 Å². The molecular formula is C13H22N4O5. The highest BCUT2D eigenvalue weighted by molar-refractivity contribution is 5.77. The first kappa shape index (κ1) is 19.8. The van der Waals surface area contributed by atoms with Gasteiger partial charge in [-0.05, 0) is 13.8 Å². The molecule has 1 atom stereocenters. The zero-order chi connectivity index (χ0) is 17.1. The van der Waals surface area contributed by atoms with Gasteiger partial charge in [-0.3, -0.25) is 24.2 Å². The largest absolute Gasteiger partial charge is 0.480 e. The summed E-state index contributed by atoms with van der Waals surface area (Å²) in [7, 11) is 0. The maximum Gasteiger partial charge on any atom is 0.320 e.